The second-order valence-corrected chi connectivity index (χ2v) is 5.46. The van der Waals surface area contributed by atoms with Gasteiger partial charge in [0.2, 0.25) is 0 Å². The Morgan fingerprint density at radius 1 is 1.72 bits per heavy atom. The van der Waals surface area contributed by atoms with Gasteiger partial charge in [0.25, 0.3) is 0 Å². The summed E-state index contributed by atoms with van der Waals surface area (Å²) in [6, 6.07) is 1.46. The highest BCUT2D eigenvalue weighted by Gasteiger charge is 2.28. The zero-order valence-corrected chi connectivity index (χ0v) is 11.1. The lowest BCUT2D eigenvalue weighted by Gasteiger charge is -2.31. The first-order valence-corrected chi connectivity index (χ1v) is 6.63. The van der Waals surface area contributed by atoms with Crippen LogP contribution in [0.25, 0.3) is 0 Å². The van der Waals surface area contributed by atoms with Crippen molar-refractivity contribution in [2.45, 2.75) is 26.1 Å². The van der Waals surface area contributed by atoms with E-state index in [4.69, 9.17) is 4.74 Å². The highest BCUT2D eigenvalue weighted by atomic mass is 32.1. The molecule has 100 valence electrons. The largest absolute Gasteiger partial charge is 0.388 e. The lowest BCUT2D eigenvalue weighted by molar-refractivity contribution is -0.383. The number of hydrogen-bond donors (Lipinski definition) is 1. The normalized spacial score (nSPS) is 21.9. The van der Waals surface area contributed by atoms with E-state index < -0.39 is 11.0 Å². The number of hydrogen-bond acceptors (Lipinski definition) is 6. The standard InChI is InChI=1S/C11H16N2O4S/c1-7-6-12(3-4-17-7)11-9(13(15)16)5-10(18-11)8(2)14/h5,7-8,14H,3-4,6H2,1-2H3. The van der Waals surface area contributed by atoms with Crippen molar-refractivity contribution in [2.24, 2.45) is 0 Å². The van der Waals surface area contributed by atoms with E-state index in [0.717, 1.165) is 0 Å². The topological polar surface area (TPSA) is 75.8 Å². The molecule has 1 saturated heterocycles. The minimum atomic E-state index is -0.680. The third-order valence-corrected chi connectivity index (χ3v) is 4.20. The molecule has 2 rings (SSSR count). The quantitative estimate of drug-likeness (QED) is 0.672. The summed E-state index contributed by atoms with van der Waals surface area (Å²) in [7, 11) is 0. The van der Waals surface area contributed by atoms with Crippen LogP contribution in [0.2, 0.25) is 0 Å². The summed E-state index contributed by atoms with van der Waals surface area (Å²) < 4.78 is 5.43. The molecule has 1 aliphatic heterocycles. The van der Waals surface area contributed by atoms with Crippen LogP contribution in [-0.4, -0.2) is 35.8 Å². The monoisotopic (exact) mass is 272 g/mol. The van der Waals surface area contributed by atoms with Gasteiger partial charge in [0.1, 0.15) is 0 Å². The molecular formula is C11H16N2O4S. The first-order chi connectivity index (χ1) is 8.49. The van der Waals surface area contributed by atoms with Gasteiger partial charge in [-0.2, -0.15) is 0 Å². The second-order valence-electron chi connectivity index (χ2n) is 4.40. The summed E-state index contributed by atoms with van der Waals surface area (Å²) in [5.41, 5.74) is 0.0741. The van der Waals surface area contributed by atoms with Crippen LogP contribution in [0.5, 0.6) is 0 Å². The Hall–Kier alpha value is -1.18. The number of ether oxygens (including phenoxy) is 1. The Morgan fingerprint density at radius 2 is 2.44 bits per heavy atom. The molecule has 1 fully saturated rings. The highest BCUT2D eigenvalue weighted by Crippen LogP contribution is 2.40. The molecular weight excluding hydrogens is 256 g/mol. The van der Waals surface area contributed by atoms with Crippen molar-refractivity contribution in [3.05, 3.63) is 21.1 Å². The number of nitrogens with zero attached hydrogens (tertiary/aromatic N) is 2. The molecule has 18 heavy (non-hydrogen) atoms. The molecule has 1 N–H and O–H groups in total. The van der Waals surface area contributed by atoms with Crippen LogP contribution in [0.3, 0.4) is 0 Å². The average molecular weight is 272 g/mol. The van der Waals surface area contributed by atoms with Crippen molar-refractivity contribution >= 4 is 22.0 Å². The first-order valence-electron chi connectivity index (χ1n) is 5.81. The smallest absolute Gasteiger partial charge is 0.304 e. The number of anilines is 1. The zero-order chi connectivity index (χ0) is 13.3. The molecule has 1 aromatic heterocycles. The Labute approximate surface area is 109 Å². The van der Waals surface area contributed by atoms with E-state index in [2.05, 4.69) is 0 Å². The molecule has 0 radical (unpaired) electrons. The minimum absolute atomic E-state index is 0.0652. The van der Waals surface area contributed by atoms with Gasteiger partial charge in [-0.05, 0) is 13.8 Å². The van der Waals surface area contributed by atoms with Crippen LogP contribution >= 0.6 is 11.3 Å². The Kier molecular flexibility index (Phi) is 3.84. The molecule has 0 amide bonds. The van der Waals surface area contributed by atoms with Crippen molar-refractivity contribution < 1.29 is 14.8 Å². The summed E-state index contributed by atoms with van der Waals surface area (Å²) in [4.78, 5) is 13.2. The van der Waals surface area contributed by atoms with Crippen LogP contribution in [0.1, 0.15) is 24.8 Å². The summed E-state index contributed by atoms with van der Waals surface area (Å²) in [6.45, 7) is 5.41. The number of morpholine rings is 1. The van der Waals surface area contributed by atoms with Crippen LogP contribution in [0.15, 0.2) is 6.07 Å². The van der Waals surface area contributed by atoms with Crippen molar-refractivity contribution in [3.8, 4) is 0 Å². The molecule has 7 heteroatoms. The Bertz CT molecular complexity index is 446. The summed E-state index contributed by atoms with van der Waals surface area (Å²) >= 11 is 1.28. The number of rotatable bonds is 3. The van der Waals surface area contributed by atoms with E-state index >= 15 is 0 Å². The van der Waals surface area contributed by atoms with Gasteiger partial charge in [-0.3, -0.25) is 10.1 Å². The van der Waals surface area contributed by atoms with Crippen LogP contribution in [-0.2, 0) is 4.74 Å². The third kappa shape index (κ3) is 2.63. The molecule has 0 aromatic carbocycles. The third-order valence-electron chi connectivity index (χ3n) is 2.85. The predicted molar refractivity (Wildman–Crippen MR) is 69.2 cm³/mol. The van der Waals surface area contributed by atoms with Gasteiger partial charge in [-0.25, -0.2) is 0 Å². The molecule has 0 aliphatic carbocycles. The zero-order valence-electron chi connectivity index (χ0n) is 10.3. The maximum absolute atomic E-state index is 11.1. The number of thiophene rings is 1. The second kappa shape index (κ2) is 5.21. The van der Waals surface area contributed by atoms with E-state index in [9.17, 15) is 15.2 Å². The molecule has 2 atom stereocenters. The van der Waals surface area contributed by atoms with Gasteiger partial charge in [0.05, 0.1) is 23.7 Å². The number of aliphatic hydroxyl groups is 1. The van der Waals surface area contributed by atoms with Crippen LogP contribution in [0.4, 0.5) is 10.7 Å². The molecule has 1 aromatic rings. The van der Waals surface area contributed by atoms with Gasteiger partial charge in [-0.15, -0.1) is 11.3 Å². The summed E-state index contributed by atoms with van der Waals surface area (Å²) in [6.07, 6.45) is -0.614. The predicted octanol–water partition coefficient (Wildman–Crippen LogP) is 1.93. The van der Waals surface area contributed by atoms with Gasteiger partial charge in [0.15, 0.2) is 5.00 Å². The van der Waals surface area contributed by atoms with E-state index in [-0.39, 0.29) is 11.8 Å². The van der Waals surface area contributed by atoms with Gasteiger partial charge in [-0.1, -0.05) is 0 Å². The van der Waals surface area contributed by atoms with E-state index in [1.807, 2.05) is 11.8 Å². The number of aliphatic hydroxyl groups excluding tert-OH is 1. The molecule has 2 heterocycles. The molecule has 6 nitrogen and oxygen atoms in total. The van der Waals surface area contributed by atoms with E-state index in [1.54, 1.807) is 6.92 Å². The molecule has 0 spiro atoms. The van der Waals surface area contributed by atoms with Crippen molar-refractivity contribution in [3.63, 3.8) is 0 Å². The van der Waals surface area contributed by atoms with Gasteiger partial charge in [0, 0.05) is 24.0 Å². The fraction of sp³-hybridized carbons (Fsp3) is 0.636. The average Bonchev–Trinajstić information content (AvgIpc) is 2.73. The Balaban J connectivity index is 2.32. The van der Waals surface area contributed by atoms with Crippen molar-refractivity contribution in [1.82, 2.24) is 0 Å². The van der Waals surface area contributed by atoms with Crippen LogP contribution < -0.4 is 4.90 Å². The summed E-state index contributed by atoms with van der Waals surface area (Å²) in [5.74, 6) is 0. The van der Waals surface area contributed by atoms with Gasteiger partial charge >= 0.3 is 5.69 Å². The maximum Gasteiger partial charge on any atom is 0.304 e. The lowest BCUT2D eigenvalue weighted by Crippen LogP contribution is -2.40. The fourth-order valence-electron chi connectivity index (χ4n) is 1.96. The van der Waals surface area contributed by atoms with E-state index in [0.29, 0.717) is 29.6 Å². The van der Waals surface area contributed by atoms with Crippen molar-refractivity contribution in [1.29, 1.82) is 0 Å². The minimum Gasteiger partial charge on any atom is -0.388 e. The molecule has 0 saturated carbocycles. The lowest BCUT2D eigenvalue weighted by atomic mass is 10.3. The maximum atomic E-state index is 11.1. The highest BCUT2D eigenvalue weighted by molar-refractivity contribution is 7.16. The fourth-order valence-corrected chi connectivity index (χ4v) is 3.05. The number of nitro groups is 1. The van der Waals surface area contributed by atoms with E-state index in [1.165, 1.54) is 17.4 Å². The SMILES string of the molecule is CC1CN(c2sc(C(C)O)cc2[N+](=O)[O-])CCO1. The van der Waals surface area contributed by atoms with Crippen molar-refractivity contribution in [2.75, 3.05) is 24.6 Å². The van der Waals surface area contributed by atoms with Crippen LogP contribution in [0, 0.1) is 10.1 Å². The summed E-state index contributed by atoms with van der Waals surface area (Å²) in [5, 5.41) is 21.2. The Morgan fingerprint density at radius 3 is 3.00 bits per heavy atom. The first kappa shape index (κ1) is 13.3. The molecule has 2 unspecified atom stereocenters. The molecule has 0 bridgehead atoms. The van der Waals surface area contributed by atoms with Gasteiger partial charge < -0.3 is 14.7 Å². The molecule has 1 aliphatic rings.